The van der Waals surface area contributed by atoms with Crippen molar-refractivity contribution in [1.29, 1.82) is 0 Å². The number of rotatable bonds is 2. The van der Waals surface area contributed by atoms with E-state index in [0.717, 1.165) is 17.4 Å². The molecule has 1 aromatic rings. The number of hydrogen-bond acceptors (Lipinski definition) is 2. The number of likely N-dealkylation sites (N-methyl/N-ethyl adjacent to an activating group) is 1. The van der Waals surface area contributed by atoms with E-state index < -0.39 is 0 Å². The van der Waals surface area contributed by atoms with Crippen LogP contribution in [-0.2, 0) is 5.41 Å². The Hall–Kier alpha value is -1.09. The van der Waals surface area contributed by atoms with Gasteiger partial charge in [-0.25, -0.2) is 0 Å². The first-order valence-electron chi connectivity index (χ1n) is 6.66. The van der Waals surface area contributed by atoms with Crippen molar-refractivity contribution in [2.45, 2.75) is 25.7 Å². The van der Waals surface area contributed by atoms with Crippen LogP contribution in [0.5, 0.6) is 0 Å². The van der Waals surface area contributed by atoms with Crippen LogP contribution in [0.1, 0.15) is 25.8 Å². The molecule has 0 aliphatic carbocycles. The molecule has 19 heavy (non-hydrogen) atoms. The van der Waals surface area contributed by atoms with Crippen LogP contribution in [0.2, 0.25) is 0 Å². The number of fused-ring (bicyclic) bond motifs is 3. The van der Waals surface area contributed by atoms with Crippen molar-refractivity contribution in [1.82, 2.24) is 0 Å². The number of hydrogen-bond donors (Lipinski definition) is 0. The fourth-order valence-corrected chi connectivity index (χ4v) is 3.96. The van der Waals surface area contributed by atoms with Crippen LogP contribution in [0, 0.1) is 5.41 Å². The first-order chi connectivity index (χ1) is 8.94. The third kappa shape index (κ3) is 1.45. The van der Waals surface area contributed by atoms with Gasteiger partial charge in [0.15, 0.2) is 0 Å². The summed E-state index contributed by atoms with van der Waals surface area (Å²) in [6.07, 6.45) is 3.15. The summed E-state index contributed by atoms with van der Waals surface area (Å²) in [5.41, 5.74) is 2.64. The van der Waals surface area contributed by atoms with Gasteiger partial charge >= 0.3 is 0 Å². The highest BCUT2D eigenvalue weighted by Gasteiger charge is 2.57. The number of halogens is 1. The maximum atomic E-state index is 4.79. The molecule has 0 saturated carbocycles. The quantitative estimate of drug-likeness (QED) is 0.748. The molecule has 0 spiro atoms. The summed E-state index contributed by atoms with van der Waals surface area (Å²) >= 11 is 3.57. The van der Waals surface area contributed by atoms with Gasteiger partial charge in [-0.2, -0.15) is 0 Å². The highest BCUT2D eigenvalue weighted by Crippen LogP contribution is 2.56. The third-order valence-corrected chi connectivity index (χ3v) is 5.33. The Bertz CT molecular complexity index is 588. The minimum Gasteiger partial charge on any atom is -0.332 e. The van der Waals surface area contributed by atoms with Crippen LogP contribution in [0.25, 0.3) is 0 Å². The van der Waals surface area contributed by atoms with E-state index in [-0.39, 0.29) is 10.8 Å². The molecule has 0 fully saturated rings. The molecule has 0 radical (unpaired) electrons. The monoisotopic (exact) mass is 318 g/mol. The van der Waals surface area contributed by atoms with Gasteiger partial charge in [0.2, 0.25) is 0 Å². The molecule has 0 amide bonds. The minimum atomic E-state index is -0.0144. The van der Waals surface area contributed by atoms with Gasteiger partial charge in [0, 0.05) is 23.8 Å². The van der Waals surface area contributed by atoms with Crippen molar-refractivity contribution in [2.75, 3.05) is 18.5 Å². The summed E-state index contributed by atoms with van der Waals surface area (Å²) < 4.78 is 1.12. The summed E-state index contributed by atoms with van der Waals surface area (Å²) in [4.78, 5) is 7.04. The number of nitrogens with zero attached hydrogens (tertiary/aromatic N) is 2. The van der Waals surface area contributed by atoms with Crippen LogP contribution in [0.4, 0.5) is 5.69 Å². The van der Waals surface area contributed by atoms with E-state index >= 15 is 0 Å². The van der Waals surface area contributed by atoms with Crippen LogP contribution in [0.3, 0.4) is 0 Å². The van der Waals surface area contributed by atoms with Gasteiger partial charge in [-0.05, 0) is 29.5 Å². The maximum Gasteiger partial charge on any atom is 0.115 e. The standard InChI is InChI=1S/C16H19BrN2/c1-5-15(2,3)16-8-9-18-14(16)19(4)13-10-11(17)6-7-12(13)16/h5-7,10H,1,8-9H2,2-4H3. The molecule has 0 N–H and O–H groups in total. The Balaban J connectivity index is 2.31. The zero-order chi connectivity index (χ0) is 13.8. The zero-order valence-corrected chi connectivity index (χ0v) is 13.3. The molecule has 2 heterocycles. The fourth-order valence-electron chi connectivity index (χ4n) is 3.61. The predicted molar refractivity (Wildman–Crippen MR) is 85.1 cm³/mol. The molecular formula is C16H19BrN2. The topological polar surface area (TPSA) is 15.6 Å². The van der Waals surface area contributed by atoms with Crippen molar-refractivity contribution in [2.24, 2.45) is 10.4 Å². The number of allylic oxidation sites excluding steroid dienone is 1. The van der Waals surface area contributed by atoms with Crippen molar-refractivity contribution in [3.8, 4) is 0 Å². The molecule has 2 nitrogen and oxygen atoms in total. The largest absolute Gasteiger partial charge is 0.332 e. The van der Waals surface area contributed by atoms with E-state index in [2.05, 4.69) is 72.6 Å². The summed E-state index contributed by atoms with van der Waals surface area (Å²) in [5, 5.41) is 0. The van der Waals surface area contributed by atoms with E-state index in [1.54, 1.807) is 0 Å². The van der Waals surface area contributed by atoms with Gasteiger partial charge in [0.25, 0.3) is 0 Å². The molecule has 3 heteroatoms. The zero-order valence-electron chi connectivity index (χ0n) is 11.7. The summed E-state index contributed by atoms with van der Waals surface area (Å²) in [5.74, 6) is 1.20. The van der Waals surface area contributed by atoms with Crippen molar-refractivity contribution in [3.05, 3.63) is 40.9 Å². The number of anilines is 1. The Labute approximate surface area is 123 Å². The molecule has 0 bridgehead atoms. The van der Waals surface area contributed by atoms with Crippen molar-refractivity contribution < 1.29 is 0 Å². The Morgan fingerprint density at radius 1 is 1.47 bits per heavy atom. The minimum absolute atomic E-state index is 0.00429. The molecule has 1 aromatic carbocycles. The normalized spacial score (nSPS) is 25.1. The van der Waals surface area contributed by atoms with Gasteiger partial charge in [0.1, 0.15) is 5.84 Å². The predicted octanol–water partition coefficient (Wildman–Crippen LogP) is 4.15. The number of aliphatic imine (C=N–C) groups is 1. The number of amidine groups is 1. The molecular weight excluding hydrogens is 300 g/mol. The lowest BCUT2D eigenvalue weighted by Gasteiger charge is -2.40. The second-order valence-corrected chi connectivity index (χ2v) is 6.92. The van der Waals surface area contributed by atoms with E-state index in [1.165, 1.54) is 17.1 Å². The second kappa shape index (κ2) is 3.95. The summed E-state index contributed by atoms with van der Waals surface area (Å²) in [7, 11) is 2.12. The van der Waals surface area contributed by atoms with Gasteiger partial charge in [-0.15, -0.1) is 6.58 Å². The lowest BCUT2D eigenvalue weighted by molar-refractivity contribution is 0.307. The Morgan fingerprint density at radius 2 is 2.21 bits per heavy atom. The lowest BCUT2D eigenvalue weighted by Crippen LogP contribution is -2.46. The van der Waals surface area contributed by atoms with Gasteiger partial charge < -0.3 is 4.90 Å². The van der Waals surface area contributed by atoms with Crippen molar-refractivity contribution >= 4 is 27.5 Å². The molecule has 100 valence electrons. The maximum absolute atomic E-state index is 4.79. The van der Waals surface area contributed by atoms with E-state index in [1.807, 2.05) is 0 Å². The molecule has 0 saturated heterocycles. The highest BCUT2D eigenvalue weighted by molar-refractivity contribution is 9.10. The first-order valence-corrected chi connectivity index (χ1v) is 7.45. The Morgan fingerprint density at radius 3 is 2.89 bits per heavy atom. The number of benzene rings is 1. The molecule has 2 aliphatic heterocycles. The average molecular weight is 319 g/mol. The lowest BCUT2D eigenvalue weighted by atomic mass is 9.61. The van der Waals surface area contributed by atoms with Crippen LogP contribution < -0.4 is 4.90 Å². The van der Waals surface area contributed by atoms with Crippen LogP contribution in [0.15, 0.2) is 40.3 Å². The first kappa shape index (κ1) is 12.9. The van der Waals surface area contributed by atoms with E-state index in [4.69, 9.17) is 4.99 Å². The third-order valence-electron chi connectivity index (χ3n) is 4.84. The molecule has 3 rings (SSSR count). The summed E-state index contributed by atoms with van der Waals surface area (Å²) in [6, 6.07) is 6.57. The highest BCUT2D eigenvalue weighted by atomic mass is 79.9. The van der Waals surface area contributed by atoms with Crippen molar-refractivity contribution in [3.63, 3.8) is 0 Å². The Kier molecular flexibility index (Phi) is 2.69. The van der Waals surface area contributed by atoms with Gasteiger partial charge in [0.05, 0.1) is 5.41 Å². The summed E-state index contributed by atoms with van der Waals surface area (Å²) in [6.45, 7) is 9.51. The fraction of sp³-hybridized carbons (Fsp3) is 0.438. The molecule has 0 aromatic heterocycles. The molecule has 2 aliphatic rings. The molecule has 1 unspecified atom stereocenters. The van der Waals surface area contributed by atoms with Gasteiger partial charge in [-0.1, -0.05) is 41.9 Å². The van der Waals surface area contributed by atoms with Gasteiger partial charge in [-0.3, -0.25) is 4.99 Å². The van der Waals surface area contributed by atoms with E-state index in [9.17, 15) is 0 Å². The average Bonchev–Trinajstić information content (AvgIpc) is 2.91. The second-order valence-electron chi connectivity index (χ2n) is 6.01. The SMILES string of the molecule is C=CC(C)(C)C12CCN=C1N(C)c1cc(Br)ccc12. The smallest absolute Gasteiger partial charge is 0.115 e. The van der Waals surface area contributed by atoms with E-state index in [0.29, 0.717) is 0 Å². The van der Waals surface area contributed by atoms with Crippen LogP contribution >= 0.6 is 15.9 Å². The molecule has 1 atom stereocenters. The van der Waals surface area contributed by atoms with Crippen LogP contribution in [-0.4, -0.2) is 19.4 Å².